The van der Waals surface area contributed by atoms with Crippen LogP contribution >= 0.6 is 11.3 Å². The van der Waals surface area contributed by atoms with Crippen molar-refractivity contribution in [2.24, 2.45) is 0 Å². The molecule has 24 heavy (non-hydrogen) atoms. The van der Waals surface area contributed by atoms with E-state index in [0.717, 1.165) is 28.2 Å². The molecule has 2 heterocycles. The molecule has 0 fully saturated rings. The summed E-state index contributed by atoms with van der Waals surface area (Å²) in [4.78, 5) is 17.4. The number of fused-ring (bicyclic) bond motifs is 2. The molecule has 0 aliphatic rings. The Hall–Kier alpha value is -2.73. The number of aromatic nitrogens is 3. The Morgan fingerprint density at radius 2 is 2.00 bits per heavy atom. The van der Waals surface area contributed by atoms with E-state index >= 15 is 0 Å². The first-order chi connectivity index (χ1) is 11.7. The Kier molecular flexibility index (Phi) is 3.74. The highest BCUT2D eigenvalue weighted by atomic mass is 32.1. The van der Waals surface area contributed by atoms with Crippen molar-refractivity contribution in [2.75, 3.05) is 5.32 Å². The minimum Gasteiger partial charge on any atom is -0.379 e. The third-order valence-corrected chi connectivity index (χ3v) is 4.94. The van der Waals surface area contributed by atoms with E-state index in [2.05, 4.69) is 33.6 Å². The largest absolute Gasteiger partial charge is 0.379 e. The standard InChI is InChI=1S/C18H16N4OS/c1-2-16-21-22-17(23)10-13(20-18(22)24-16)11-19-15-9-5-7-12-6-3-4-8-14(12)15/h3-10,19H,2,11H2,1H3. The highest BCUT2D eigenvalue weighted by molar-refractivity contribution is 7.16. The molecular formula is C18H16N4OS. The van der Waals surface area contributed by atoms with Gasteiger partial charge in [0.15, 0.2) is 0 Å². The summed E-state index contributed by atoms with van der Waals surface area (Å²) in [5.74, 6) is 0. The van der Waals surface area contributed by atoms with E-state index < -0.39 is 0 Å². The van der Waals surface area contributed by atoms with Gasteiger partial charge in [0, 0.05) is 17.1 Å². The first-order valence-corrected chi connectivity index (χ1v) is 8.66. The smallest absolute Gasteiger partial charge is 0.275 e. The Morgan fingerprint density at radius 1 is 1.17 bits per heavy atom. The molecule has 0 atom stereocenters. The zero-order valence-electron chi connectivity index (χ0n) is 13.2. The maximum absolute atomic E-state index is 12.2. The summed E-state index contributed by atoms with van der Waals surface area (Å²) in [5.41, 5.74) is 1.62. The average molecular weight is 336 g/mol. The predicted molar refractivity (Wildman–Crippen MR) is 97.8 cm³/mol. The van der Waals surface area contributed by atoms with Crippen LogP contribution in [-0.4, -0.2) is 14.6 Å². The molecule has 0 radical (unpaired) electrons. The van der Waals surface area contributed by atoms with Gasteiger partial charge < -0.3 is 5.32 Å². The van der Waals surface area contributed by atoms with E-state index in [1.54, 1.807) is 6.07 Å². The van der Waals surface area contributed by atoms with Crippen molar-refractivity contribution in [1.29, 1.82) is 0 Å². The zero-order chi connectivity index (χ0) is 16.5. The van der Waals surface area contributed by atoms with Crippen LogP contribution in [0.15, 0.2) is 53.3 Å². The fraction of sp³-hybridized carbons (Fsp3) is 0.167. The summed E-state index contributed by atoms with van der Waals surface area (Å²) in [5, 5.41) is 10.9. The fourth-order valence-electron chi connectivity index (χ4n) is 2.69. The van der Waals surface area contributed by atoms with Crippen molar-refractivity contribution in [1.82, 2.24) is 14.6 Å². The van der Waals surface area contributed by atoms with Crippen LogP contribution in [0.5, 0.6) is 0 Å². The van der Waals surface area contributed by atoms with Crippen molar-refractivity contribution in [2.45, 2.75) is 19.9 Å². The summed E-state index contributed by atoms with van der Waals surface area (Å²) in [6.07, 6.45) is 0.803. The van der Waals surface area contributed by atoms with Gasteiger partial charge >= 0.3 is 0 Å². The van der Waals surface area contributed by atoms with Crippen molar-refractivity contribution < 1.29 is 0 Å². The van der Waals surface area contributed by atoms with Crippen LogP contribution in [0.2, 0.25) is 0 Å². The first-order valence-electron chi connectivity index (χ1n) is 7.85. The van der Waals surface area contributed by atoms with Gasteiger partial charge in [-0.25, -0.2) is 4.98 Å². The molecule has 0 amide bonds. The second-order valence-electron chi connectivity index (χ2n) is 5.51. The fourth-order valence-corrected chi connectivity index (χ4v) is 3.55. The number of benzene rings is 2. The molecule has 4 aromatic rings. The van der Waals surface area contributed by atoms with Crippen LogP contribution in [0.1, 0.15) is 17.6 Å². The van der Waals surface area contributed by atoms with E-state index in [1.807, 2.05) is 31.2 Å². The second kappa shape index (κ2) is 6.05. The minimum absolute atomic E-state index is 0.134. The SMILES string of the molecule is CCc1nn2c(=O)cc(CNc3cccc4ccccc34)nc2s1. The number of rotatable bonds is 4. The lowest BCUT2D eigenvalue weighted by molar-refractivity contribution is 0.846. The Balaban J connectivity index is 1.65. The van der Waals surface area contributed by atoms with E-state index in [1.165, 1.54) is 21.2 Å². The van der Waals surface area contributed by atoms with Gasteiger partial charge in [-0.2, -0.15) is 9.61 Å². The van der Waals surface area contributed by atoms with Crippen LogP contribution in [0, 0.1) is 0 Å². The summed E-state index contributed by atoms with van der Waals surface area (Å²) >= 11 is 1.46. The lowest BCUT2D eigenvalue weighted by atomic mass is 10.1. The molecule has 5 nitrogen and oxygen atoms in total. The van der Waals surface area contributed by atoms with Crippen LogP contribution in [0.3, 0.4) is 0 Å². The molecule has 120 valence electrons. The molecule has 2 aromatic heterocycles. The Morgan fingerprint density at radius 3 is 2.88 bits per heavy atom. The second-order valence-corrected chi connectivity index (χ2v) is 6.55. The van der Waals surface area contributed by atoms with Crippen molar-refractivity contribution >= 4 is 32.8 Å². The molecule has 0 saturated heterocycles. The highest BCUT2D eigenvalue weighted by Gasteiger charge is 2.08. The van der Waals surface area contributed by atoms with E-state index in [4.69, 9.17) is 0 Å². The van der Waals surface area contributed by atoms with Crippen molar-refractivity contribution in [3.8, 4) is 0 Å². The van der Waals surface area contributed by atoms with Crippen LogP contribution in [0.4, 0.5) is 5.69 Å². The predicted octanol–water partition coefficient (Wildman–Crippen LogP) is 3.48. The third kappa shape index (κ3) is 2.65. The van der Waals surface area contributed by atoms with Gasteiger partial charge in [-0.05, 0) is 17.9 Å². The Bertz CT molecular complexity index is 1080. The van der Waals surface area contributed by atoms with Gasteiger partial charge in [0.05, 0.1) is 12.2 Å². The summed E-state index contributed by atoms with van der Waals surface area (Å²) < 4.78 is 1.38. The van der Waals surface area contributed by atoms with E-state index in [9.17, 15) is 4.79 Å². The van der Waals surface area contributed by atoms with Crippen LogP contribution < -0.4 is 10.9 Å². The van der Waals surface area contributed by atoms with Gasteiger partial charge in [-0.3, -0.25) is 4.79 Å². The average Bonchev–Trinajstić information content (AvgIpc) is 3.04. The first kappa shape index (κ1) is 14.8. The number of nitrogens with one attached hydrogen (secondary N) is 1. The van der Waals surface area contributed by atoms with Crippen molar-refractivity contribution in [3.63, 3.8) is 0 Å². The topological polar surface area (TPSA) is 59.3 Å². The van der Waals surface area contributed by atoms with Crippen LogP contribution in [0.25, 0.3) is 15.7 Å². The van der Waals surface area contributed by atoms with Crippen molar-refractivity contribution in [3.05, 3.63) is 69.6 Å². The van der Waals surface area contributed by atoms with Gasteiger partial charge in [0.1, 0.15) is 5.01 Å². The molecule has 0 spiro atoms. The molecular weight excluding hydrogens is 320 g/mol. The molecule has 2 aromatic carbocycles. The van der Waals surface area contributed by atoms with Gasteiger partial charge in [-0.15, -0.1) is 0 Å². The zero-order valence-corrected chi connectivity index (χ0v) is 14.0. The molecule has 0 unspecified atom stereocenters. The van der Waals surface area contributed by atoms with Gasteiger partial charge in [0.2, 0.25) is 4.96 Å². The molecule has 1 N–H and O–H groups in total. The summed E-state index contributed by atoms with van der Waals surface area (Å²) in [7, 11) is 0. The Labute approximate surface area is 142 Å². The molecule has 0 saturated carbocycles. The monoisotopic (exact) mass is 336 g/mol. The molecule has 0 bridgehead atoms. The van der Waals surface area contributed by atoms with E-state index in [0.29, 0.717) is 11.5 Å². The van der Waals surface area contributed by atoms with E-state index in [-0.39, 0.29) is 5.56 Å². The summed E-state index contributed by atoms with van der Waals surface area (Å²) in [6, 6.07) is 15.9. The van der Waals surface area contributed by atoms with Gasteiger partial charge in [-0.1, -0.05) is 54.7 Å². The molecule has 0 aliphatic carbocycles. The quantitative estimate of drug-likeness (QED) is 0.620. The summed E-state index contributed by atoms with van der Waals surface area (Å²) in [6.45, 7) is 2.52. The number of hydrogen-bond donors (Lipinski definition) is 1. The maximum atomic E-state index is 12.2. The molecule has 6 heteroatoms. The molecule has 0 aliphatic heterocycles. The number of anilines is 1. The number of aryl methyl sites for hydroxylation is 1. The minimum atomic E-state index is -0.134. The number of nitrogens with zero attached hydrogens (tertiary/aromatic N) is 3. The maximum Gasteiger partial charge on any atom is 0.275 e. The molecule has 4 rings (SSSR count). The number of hydrogen-bond acceptors (Lipinski definition) is 5. The highest BCUT2D eigenvalue weighted by Crippen LogP contribution is 2.23. The lowest BCUT2D eigenvalue weighted by Gasteiger charge is -2.09. The lowest BCUT2D eigenvalue weighted by Crippen LogP contribution is -2.16. The van der Waals surface area contributed by atoms with Gasteiger partial charge in [0.25, 0.3) is 5.56 Å². The third-order valence-electron chi connectivity index (χ3n) is 3.89. The van der Waals surface area contributed by atoms with Crippen LogP contribution in [-0.2, 0) is 13.0 Å². The normalized spacial score (nSPS) is 11.2.